The van der Waals surface area contributed by atoms with Crippen molar-refractivity contribution in [1.29, 1.82) is 0 Å². The molecule has 0 atom stereocenters. The molecule has 19 heavy (non-hydrogen) atoms. The van der Waals surface area contributed by atoms with Gasteiger partial charge in [-0.25, -0.2) is 0 Å². The van der Waals surface area contributed by atoms with Crippen LogP contribution in [0.15, 0.2) is 49.1 Å². The van der Waals surface area contributed by atoms with Crippen molar-refractivity contribution < 1.29 is 0 Å². The smallest absolute Gasteiger partial charge is 0.0645 e. The van der Waals surface area contributed by atoms with Gasteiger partial charge in [0, 0.05) is 41.3 Å². The second-order valence-corrected chi connectivity index (χ2v) is 4.58. The molecule has 3 aromatic heterocycles. The monoisotopic (exact) mass is 248 g/mol. The average molecular weight is 248 g/mol. The Morgan fingerprint density at radius 2 is 1.95 bits per heavy atom. The molecule has 0 saturated carbocycles. The summed E-state index contributed by atoms with van der Waals surface area (Å²) in [4.78, 5) is 0. The molecule has 92 valence electrons. The van der Waals surface area contributed by atoms with Crippen LogP contribution in [0.25, 0.3) is 27.1 Å². The minimum Gasteiger partial charge on any atom is -0.388 e. The maximum Gasteiger partial charge on any atom is 0.0645 e. The number of pyridine rings is 1. The van der Waals surface area contributed by atoms with Gasteiger partial charge in [-0.3, -0.25) is 0 Å². The first-order chi connectivity index (χ1) is 9.38. The van der Waals surface area contributed by atoms with Gasteiger partial charge in [-0.1, -0.05) is 12.1 Å². The molecule has 4 heteroatoms. The maximum atomic E-state index is 4.01. The van der Waals surface area contributed by atoms with Gasteiger partial charge in [-0.15, -0.1) is 0 Å². The van der Waals surface area contributed by atoms with Crippen LogP contribution in [0.3, 0.4) is 0 Å². The number of hydrogen-bond donors (Lipinski definition) is 1. The number of nitrogens with zero attached hydrogens (tertiary/aromatic N) is 3. The quantitative estimate of drug-likeness (QED) is 0.563. The summed E-state index contributed by atoms with van der Waals surface area (Å²) >= 11 is 0. The third kappa shape index (κ3) is 1.34. The van der Waals surface area contributed by atoms with Crippen LogP contribution in [0.5, 0.6) is 0 Å². The third-order valence-electron chi connectivity index (χ3n) is 3.57. The van der Waals surface area contributed by atoms with Crippen molar-refractivity contribution in [3.63, 3.8) is 0 Å². The predicted molar refractivity (Wildman–Crippen MR) is 77.5 cm³/mol. The van der Waals surface area contributed by atoms with Gasteiger partial charge in [-0.05, 0) is 17.5 Å². The standard InChI is InChI=1S/C15H12N4/c1-16-13-4-2-3-10-5-6-19-9-11-7-17-18-8-12(11)15(19)14(10)13/h2-9,16H,1H3. The Hall–Kier alpha value is -2.62. The molecule has 0 radical (unpaired) electrons. The van der Waals surface area contributed by atoms with Gasteiger partial charge in [0.15, 0.2) is 0 Å². The maximum absolute atomic E-state index is 4.01. The van der Waals surface area contributed by atoms with Crippen molar-refractivity contribution in [2.75, 3.05) is 12.4 Å². The Kier molecular flexibility index (Phi) is 2.00. The number of hydrogen-bond acceptors (Lipinski definition) is 3. The van der Waals surface area contributed by atoms with Gasteiger partial charge in [-0.2, -0.15) is 10.2 Å². The summed E-state index contributed by atoms with van der Waals surface area (Å²) in [5.41, 5.74) is 2.30. The van der Waals surface area contributed by atoms with Crippen molar-refractivity contribution in [1.82, 2.24) is 14.6 Å². The summed E-state index contributed by atoms with van der Waals surface area (Å²) in [6.45, 7) is 0. The Morgan fingerprint density at radius 3 is 2.84 bits per heavy atom. The SMILES string of the molecule is CNc1cccc2ccn3cc4cnncc4c3c12. The summed E-state index contributed by atoms with van der Waals surface area (Å²) in [6.07, 6.45) is 7.80. The van der Waals surface area contributed by atoms with Gasteiger partial charge >= 0.3 is 0 Å². The van der Waals surface area contributed by atoms with Crippen LogP contribution in [0.2, 0.25) is 0 Å². The van der Waals surface area contributed by atoms with Crippen LogP contribution < -0.4 is 5.32 Å². The predicted octanol–water partition coefficient (Wildman–Crippen LogP) is 3.08. The first-order valence-electron chi connectivity index (χ1n) is 6.19. The molecule has 1 N–H and O–H groups in total. The molecule has 0 bridgehead atoms. The number of fused-ring (bicyclic) bond motifs is 5. The first-order valence-corrected chi connectivity index (χ1v) is 6.19. The van der Waals surface area contributed by atoms with E-state index in [1.54, 1.807) is 6.20 Å². The molecule has 0 spiro atoms. The molecule has 0 saturated heterocycles. The van der Waals surface area contributed by atoms with Crippen LogP contribution in [0.1, 0.15) is 0 Å². The molecule has 4 aromatic rings. The molecule has 0 amide bonds. The van der Waals surface area contributed by atoms with Crippen LogP contribution in [-0.2, 0) is 0 Å². The second-order valence-electron chi connectivity index (χ2n) is 4.58. The zero-order valence-corrected chi connectivity index (χ0v) is 10.5. The Balaban J connectivity index is 2.35. The van der Waals surface area contributed by atoms with E-state index in [9.17, 15) is 0 Å². The van der Waals surface area contributed by atoms with E-state index in [0.717, 1.165) is 16.5 Å². The lowest BCUT2D eigenvalue weighted by Gasteiger charge is -2.08. The van der Waals surface area contributed by atoms with E-state index < -0.39 is 0 Å². The molecule has 0 aliphatic carbocycles. The molecular weight excluding hydrogens is 236 g/mol. The van der Waals surface area contributed by atoms with Crippen molar-refractivity contribution in [2.45, 2.75) is 0 Å². The van der Waals surface area contributed by atoms with Crippen LogP contribution >= 0.6 is 0 Å². The fourth-order valence-corrected chi connectivity index (χ4v) is 2.71. The lowest BCUT2D eigenvalue weighted by Crippen LogP contribution is -1.92. The highest BCUT2D eigenvalue weighted by Crippen LogP contribution is 2.32. The zero-order chi connectivity index (χ0) is 12.8. The van der Waals surface area contributed by atoms with Crippen LogP contribution in [0, 0.1) is 0 Å². The Morgan fingerprint density at radius 1 is 1.05 bits per heavy atom. The topological polar surface area (TPSA) is 42.2 Å². The number of nitrogens with one attached hydrogen (secondary N) is 1. The number of benzene rings is 1. The largest absolute Gasteiger partial charge is 0.388 e. The van der Waals surface area contributed by atoms with E-state index in [4.69, 9.17) is 0 Å². The van der Waals surface area contributed by atoms with E-state index >= 15 is 0 Å². The summed E-state index contributed by atoms with van der Waals surface area (Å²) < 4.78 is 2.14. The number of rotatable bonds is 1. The molecule has 3 heterocycles. The van der Waals surface area contributed by atoms with Gasteiger partial charge < -0.3 is 9.72 Å². The molecule has 0 aliphatic heterocycles. The first kappa shape index (κ1) is 10.3. The van der Waals surface area contributed by atoms with E-state index in [0.29, 0.717) is 0 Å². The third-order valence-corrected chi connectivity index (χ3v) is 3.57. The summed E-state index contributed by atoms with van der Waals surface area (Å²) in [5.74, 6) is 0. The highest BCUT2D eigenvalue weighted by Gasteiger charge is 2.10. The van der Waals surface area contributed by atoms with Crippen molar-refractivity contribution >= 4 is 32.7 Å². The highest BCUT2D eigenvalue weighted by molar-refractivity contribution is 6.15. The van der Waals surface area contributed by atoms with Gasteiger partial charge in [0.2, 0.25) is 0 Å². The highest BCUT2D eigenvalue weighted by atomic mass is 15.1. The molecular formula is C15H12N4. The van der Waals surface area contributed by atoms with E-state index in [-0.39, 0.29) is 0 Å². The number of aromatic nitrogens is 3. The molecule has 0 unspecified atom stereocenters. The summed E-state index contributed by atoms with van der Waals surface area (Å²) in [7, 11) is 1.95. The van der Waals surface area contributed by atoms with Gasteiger partial charge in [0.1, 0.15) is 0 Å². The van der Waals surface area contributed by atoms with Gasteiger partial charge in [0.25, 0.3) is 0 Å². The minimum absolute atomic E-state index is 1.11. The van der Waals surface area contributed by atoms with Crippen molar-refractivity contribution in [3.05, 3.63) is 49.1 Å². The summed E-state index contributed by atoms with van der Waals surface area (Å²) in [6, 6.07) is 8.41. The zero-order valence-electron chi connectivity index (χ0n) is 10.5. The van der Waals surface area contributed by atoms with Crippen LogP contribution in [-0.4, -0.2) is 21.6 Å². The van der Waals surface area contributed by atoms with Crippen molar-refractivity contribution in [2.24, 2.45) is 0 Å². The fourth-order valence-electron chi connectivity index (χ4n) is 2.71. The molecule has 4 nitrogen and oxygen atoms in total. The number of anilines is 1. The molecule has 0 aliphatic rings. The second kappa shape index (κ2) is 3.68. The van der Waals surface area contributed by atoms with E-state index in [2.05, 4.69) is 56.6 Å². The molecule has 1 aromatic carbocycles. The average Bonchev–Trinajstić information content (AvgIpc) is 2.85. The molecule has 0 fully saturated rings. The Bertz CT molecular complexity index is 908. The van der Waals surface area contributed by atoms with E-state index in [1.165, 1.54) is 16.3 Å². The lowest BCUT2D eigenvalue weighted by molar-refractivity contribution is 1.05. The normalized spacial score (nSPS) is 11.4. The van der Waals surface area contributed by atoms with Crippen LogP contribution in [0.4, 0.5) is 5.69 Å². The molecule has 4 rings (SSSR count). The minimum atomic E-state index is 1.11. The fraction of sp³-hybridized carbons (Fsp3) is 0.0667. The Labute approximate surface area is 109 Å². The van der Waals surface area contributed by atoms with Crippen molar-refractivity contribution in [3.8, 4) is 0 Å². The van der Waals surface area contributed by atoms with E-state index in [1.807, 2.05) is 13.2 Å². The summed E-state index contributed by atoms with van der Waals surface area (Å²) in [5, 5.41) is 15.9. The lowest BCUT2D eigenvalue weighted by atomic mass is 10.1. The van der Waals surface area contributed by atoms with Gasteiger partial charge in [0.05, 0.1) is 17.9 Å².